The highest BCUT2D eigenvalue weighted by Crippen LogP contribution is 2.44. The highest BCUT2D eigenvalue weighted by atomic mass is 16.5. The number of benzene rings is 2. The molecule has 0 aliphatic heterocycles. The van der Waals surface area contributed by atoms with Crippen LogP contribution in [-0.4, -0.2) is 55.5 Å². The van der Waals surface area contributed by atoms with Crippen LogP contribution in [-0.2, 0) is 19.1 Å². The predicted octanol–water partition coefficient (Wildman–Crippen LogP) is 3.69. The van der Waals surface area contributed by atoms with Crippen molar-refractivity contribution >= 4 is 18.0 Å². The van der Waals surface area contributed by atoms with Gasteiger partial charge < -0.3 is 25.2 Å². The summed E-state index contributed by atoms with van der Waals surface area (Å²) < 4.78 is 10.5. The molecule has 35 heavy (non-hydrogen) atoms. The van der Waals surface area contributed by atoms with Gasteiger partial charge in [-0.05, 0) is 41.0 Å². The fraction of sp³-hybridized carbons (Fsp3) is 0.444. The summed E-state index contributed by atoms with van der Waals surface area (Å²) in [5.74, 6) is -1.42. The fourth-order valence-electron chi connectivity index (χ4n) is 5.22. The Morgan fingerprint density at radius 1 is 1.00 bits per heavy atom. The number of amides is 2. The number of ether oxygens (including phenoxy) is 2. The number of hydrogen-bond acceptors (Lipinski definition) is 5. The molecule has 2 aliphatic carbocycles. The molecule has 8 heteroatoms. The first kappa shape index (κ1) is 24.7. The smallest absolute Gasteiger partial charge is 0.407 e. The summed E-state index contributed by atoms with van der Waals surface area (Å²) >= 11 is 0. The van der Waals surface area contributed by atoms with Gasteiger partial charge in [0.15, 0.2) is 6.10 Å². The topological polar surface area (TPSA) is 114 Å². The number of alkyl carbamates (subject to hydrolysis) is 1. The summed E-state index contributed by atoms with van der Waals surface area (Å²) in [5, 5.41) is 14.7. The Balaban J connectivity index is 1.32. The fourth-order valence-corrected chi connectivity index (χ4v) is 5.22. The zero-order chi connectivity index (χ0) is 24.8. The van der Waals surface area contributed by atoms with Crippen LogP contribution in [0, 0.1) is 5.92 Å². The lowest BCUT2D eigenvalue weighted by atomic mass is 9.82. The third kappa shape index (κ3) is 5.82. The molecule has 4 rings (SSSR count). The standard InChI is InChI=1S/C27H32N2O6/c1-34-24(26(31)32)15-28-25(30)14-17-8-2-7-13-23(17)29-27(33)35-16-22-20-11-5-3-9-18(20)19-10-4-6-12-21(19)22/h3-6,9-12,17,22-24H,2,7-8,13-16H2,1H3,(H,28,30)(H,29,33)(H,31,32). The van der Waals surface area contributed by atoms with Gasteiger partial charge in [-0.2, -0.15) is 0 Å². The van der Waals surface area contributed by atoms with Gasteiger partial charge in [-0.15, -0.1) is 0 Å². The maximum Gasteiger partial charge on any atom is 0.407 e. The molecule has 0 heterocycles. The number of carbonyl (C=O) groups excluding carboxylic acids is 2. The molecule has 1 fully saturated rings. The number of hydrogen-bond donors (Lipinski definition) is 3. The molecule has 2 aliphatic rings. The Hall–Kier alpha value is -3.39. The number of nitrogens with one attached hydrogen (secondary N) is 2. The summed E-state index contributed by atoms with van der Waals surface area (Å²) in [6.45, 7) is 0.146. The van der Waals surface area contributed by atoms with E-state index in [-0.39, 0.29) is 43.4 Å². The first-order valence-corrected chi connectivity index (χ1v) is 12.1. The van der Waals surface area contributed by atoms with E-state index in [0.29, 0.717) is 0 Å². The maximum absolute atomic E-state index is 12.7. The van der Waals surface area contributed by atoms with Crippen molar-refractivity contribution in [2.45, 2.75) is 50.2 Å². The lowest BCUT2D eigenvalue weighted by Crippen LogP contribution is -2.45. The summed E-state index contributed by atoms with van der Waals surface area (Å²) in [6.07, 6.45) is 2.19. The minimum atomic E-state index is -1.12. The second-order valence-corrected chi connectivity index (χ2v) is 9.19. The van der Waals surface area contributed by atoms with Gasteiger partial charge in [0.05, 0.1) is 6.54 Å². The van der Waals surface area contributed by atoms with Gasteiger partial charge in [0.2, 0.25) is 5.91 Å². The van der Waals surface area contributed by atoms with E-state index in [4.69, 9.17) is 14.6 Å². The molecular weight excluding hydrogens is 448 g/mol. The quantitative estimate of drug-likeness (QED) is 0.504. The molecular formula is C27H32N2O6. The minimum Gasteiger partial charge on any atom is -0.479 e. The third-order valence-corrected chi connectivity index (χ3v) is 7.05. The molecule has 186 valence electrons. The van der Waals surface area contributed by atoms with Crippen molar-refractivity contribution in [2.24, 2.45) is 5.92 Å². The number of rotatable bonds is 9. The SMILES string of the molecule is COC(CNC(=O)CC1CCCCC1NC(=O)OCC1c2ccccc2-c2ccccc21)C(=O)O. The van der Waals surface area contributed by atoms with Crippen molar-refractivity contribution in [1.82, 2.24) is 10.6 Å². The molecule has 2 aromatic carbocycles. The first-order valence-electron chi connectivity index (χ1n) is 12.1. The van der Waals surface area contributed by atoms with Gasteiger partial charge in [-0.1, -0.05) is 61.4 Å². The van der Waals surface area contributed by atoms with Crippen molar-refractivity contribution in [1.29, 1.82) is 0 Å². The Morgan fingerprint density at radius 2 is 1.63 bits per heavy atom. The van der Waals surface area contributed by atoms with E-state index < -0.39 is 18.2 Å². The van der Waals surface area contributed by atoms with Crippen molar-refractivity contribution in [3.63, 3.8) is 0 Å². The summed E-state index contributed by atoms with van der Waals surface area (Å²) in [7, 11) is 1.29. The number of methoxy groups -OCH3 is 1. The Labute approximate surface area is 205 Å². The summed E-state index contributed by atoms with van der Waals surface area (Å²) in [6, 6.07) is 16.2. The van der Waals surface area contributed by atoms with Crippen molar-refractivity contribution in [2.75, 3.05) is 20.3 Å². The highest BCUT2D eigenvalue weighted by molar-refractivity contribution is 5.79. The van der Waals surface area contributed by atoms with Crippen LogP contribution in [0.2, 0.25) is 0 Å². The van der Waals surface area contributed by atoms with Crippen LogP contribution in [0.5, 0.6) is 0 Å². The average Bonchev–Trinajstić information content (AvgIpc) is 3.18. The number of carboxylic acid groups (broad SMARTS) is 1. The van der Waals surface area contributed by atoms with Crippen LogP contribution >= 0.6 is 0 Å². The Morgan fingerprint density at radius 3 is 2.26 bits per heavy atom. The van der Waals surface area contributed by atoms with E-state index in [1.54, 1.807) is 0 Å². The van der Waals surface area contributed by atoms with Crippen LogP contribution < -0.4 is 10.6 Å². The molecule has 3 N–H and O–H groups in total. The van der Waals surface area contributed by atoms with Gasteiger partial charge >= 0.3 is 12.1 Å². The lowest BCUT2D eigenvalue weighted by molar-refractivity contribution is -0.148. The van der Waals surface area contributed by atoms with Gasteiger partial charge in [0.25, 0.3) is 0 Å². The molecule has 0 radical (unpaired) electrons. The van der Waals surface area contributed by atoms with Gasteiger partial charge in [-0.25, -0.2) is 9.59 Å². The largest absolute Gasteiger partial charge is 0.479 e. The molecule has 2 amide bonds. The number of carboxylic acids is 1. The van der Waals surface area contributed by atoms with Crippen molar-refractivity contribution in [3.05, 3.63) is 59.7 Å². The van der Waals surface area contributed by atoms with Gasteiger partial charge in [-0.3, -0.25) is 4.79 Å². The molecule has 0 saturated heterocycles. The zero-order valence-electron chi connectivity index (χ0n) is 19.9. The first-order chi connectivity index (χ1) is 17.0. The third-order valence-electron chi connectivity index (χ3n) is 7.05. The van der Waals surface area contributed by atoms with E-state index in [2.05, 4.69) is 34.9 Å². The van der Waals surface area contributed by atoms with Crippen LogP contribution in [0.4, 0.5) is 4.79 Å². The Kier molecular flexibility index (Phi) is 8.02. The number of aliphatic carboxylic acids is 1. The van der Waals surface area contributed by atoms with Crippen LogP contribution in [0.1, 0.15) is 49.1 Å². The predicted molar refractivity (Wildman–Crippen MR) is 130 cm³/mol. The minimum absolute atomic E-state index is 0.0101. The average molecular weight is 481 g/mol. The van der Waals surface area contributed by atoms with Crippen LogP contribution in [0.25, 0.3) is 11.1 Å². The molecule has 3 atom stereocenters. The van der Waals surface area contributed by atoms with E-state index >= 15 is 0 Å². The highest BCUT2D eigenvalue weighted by Gasteiger charge is 2.31. The lowest BCUT2D eigenvalue weighted by Gasteiger charge is -2.31. The number of carbonyl (C=O) groups is 3. The van der Waals surface area contributed by atoms with E-state index in [9.17, 15) is 14.4 Å². The monoisotopic (exact) mass is 480 g/mol. The molecule has 0 spiro atoms. The second-order valence-electron chi connectivity index (χ2n) is 9.19. The van der Waals surface area contributed by atoms with Crippen molar-refractivity contribution < 1.29 is 29.0 Å². The summed E-state index contributed by atoms with van der Waals surface area (Å²) in [4.78, 5) is 36.2. The summed E-state index contributed by atoms with van der Waals surface area (Å²) in [5.41, 5.74) is 4.66. The molecule has 2 aromatic rings. The van der Waals surface area contributed by atoms with E-state index in [1.807, 2.05) is 24.3 Å². The van der Waals surface area contributed by atoms with E-state index in [1.165, 1.54) is 18.2 Å². The molecule has 0 bridgehead atoms. The normalized spacial score (nSPS) is 19.8. The Bertz CT molecular complexity index is 1030. The number of fused-ring (bicyclic) bond motifs is 3. The van der Waals surface area contributed by atoms with Gasteiger partial charge in [0, 0.05) is 25.5 Å². The maximum atomic E-state index is 12.7. The van der Waals surface area contributed by atoms with Crippen LogP contribution in [0.15, 0.2) is 48.5 Å². The second kappa shape index (κ2) is 11.4. The molecule has 8 nitrogen and oxygen atoms in total. The van der Waals surface area contributed by atoms with E-state index in [0.717, 1.165) is 36.8 Å². The van der Waals surface area contributed by atoms with Gasteiger partial charge in [0.1, 0.15) is 6.61 Å². The molecule has 1 saturated carbocycles. The zero-order valence-corrected chi connectivity index (χ0v) is 19.9. The van der Waals surface area contributed by atoms with Crippen LogP contribution in [0.3, 0.4) is 0 Å². The molecule has 0 aromatic heterocycles. The molecule has 3 unspecified atom stereocenters. The van der Waals surface area contributed by atoms with Crippen molar-refractivity contribution in [3.8, 4) is 11.1 Å².